The second-order valence-electron chi connectivity index (χ2n) is 4.25. The average Bonchev–Trinajstić information content (AvgIpc) is 2.67. The molecule has 16 heavy (non-hydrogen) atoms. The second kappa shape index (κ2) is 4.68. The van der Waals surface area contributed by atoms with Crippen LogP contribution in [-0.4, -0.2) is 33.4 Å². The van der Waals surface area contributed by atoms with Crippen molar-refractivity contribution in [2.45, 2.75) is 18.6 Å². The van der Waals surface area contributed by atoms with Crippen molar-refractivity contribution in [2.75, 3.05) is 13.1 Å². The summed E-state index contributed by atoms with van der Waals surface area (Å²) in [5.74, 6) is 0. The molecule has 1 aliphatic rings. The Morgan fingerprint density at radius 2 is 2.00 bits per heavy atom. The highest BCUT2D eigenvalue weighted by atomic mass is 31.2. The maximum atomic E-state index is 11.1. The molecule has 0 spiro atoms. The zero-order chi connectivity index (χ0) is 11.6. The molecule has 2 rings (SSSR count). The first-order valence-electron chi connectivity index (χ1n) is 5.37. The Balaban J connectivity index is 1.93. The van der Waals surface area contributed by atoms with Crippen LogP contribution in [0.25, 0.3) is 0 Å². The van der Waals surface area contributed by atoms with E-state index in [9.17, 15) is 4.57 Å². The highest BCUT2D eigenvalue weighted by molar-refractivity contribution is 7.52. The van der Waals surface area contributed by atoms with Gasteiger partial charge in [0.25, 0.3) is 0 Å². The number of hydrogen-bond donors (Lipinski definition) is 2. The topological polar surface area (TPSA) is 60.8 Å². The highest BCUT2D eigenvalue weighted by Gasteiger charge is 2.35. The second-order valence-corrected chi connectivity index (χ2v) is 6.16. The number of benzene rings is 1. The van der Waals surface area contributed by atoms with Gasteiger partial charge in [0.2, 0.25) is 0 Å². The van der Waals surface area contributed by atoms with Crippen LogP contribution in [0.15, 0.2) is 30.3 Å². The van der Waals surface area contributed by atoms with Crippen LogP contribution in [0.5, 0.6) is 0 Å². The van der Waals surface area contributed by atoms with Gasteiger partial charge in [-0.05, 0) is 18.5 Å². The van der Waals surface area contributed by atoms with Crippen molar-refractivity contribution in [1.82, 2.24) is 4.90 Å². The lowest BCUT2D eigenvalue weighted by Gasteiger charge is -2.16. The summed E-state index contributed by atoms with van der Waals surface area (Å²) >= 11 is 0. The van der Waals surface area contributed by atoms with Gasteiger partial charge in [-0.1, -0.05) is 30.3 Å². The minimum atomic E-state index is -3.90. The standard InChI is InChI=1S/C11H16NO3P/c13-16(14,15)11-6-7-12(9-11)8-10-4-2-1-3-5-10/h1-5,11H,6-9H2,(H2,13,14,15)/t11-/m1/s1. The van der Waals surface area contributed by atoms with Crippen LogP contribution >= 0.6 is 7.60 Å². The van der Waals surface area contributed by atoms with E-state index < -0.39 is 13.3 Å². The fraction of sp³-hybridized carbons (Fsp3) is 0.455. The van der Waals surface area contributed by atoms with E-state index in [1.807, 2.05) is 30.3 Å². The molecule has 0 amide bonds. The van der Waals surface area contributed by atoms with Gasteiger partial charge in [-0.2, -0.15) is 0 Å². The Morgan fingerprint density at radius 3 is 2.56 bits per heavy atom. The van der Waals surface area contributed by atoms with Crippen LogP contribution in [-0.2, 0) is 11.1 Å². The fourth-order valence-electron chi connectivity index (χ4n) is 2.07. The number of hydrogen-bond acceptors (Lipinski definition) is 2. The molecule has 0 radical (unpaired) electrons. The Kier molecular flexibility index (Phi) is 3.45. The first-order valence-corrected chi connectivity index (χ1v) is 7.05. The maximum absolute atomic E-state index is 11.1. The van der Waals surface area contributed by atoms with Gasteiger partial charge in [0.1, 0.15) is 0 Å². The number of nitrogens with zero attached hydrogens (tertiary/aromatic N) is 1. The van der Waals surface area contributed by atoms with Gasteiger partial charge in [0, 0.05) is 13.1 Å². The molecular formula is C11H16NO3P. The van der Waals surface area contributed by atoms with Gasteiger partial charge in [0.15, 0.2) is 0 Å². The van der Waals surface area contributed by atoms with Crippen molar-refractivity contribution in [1.29, 1.82) is 0 Å². The van der Waals surface area contributed by atoms with E-state index in [-0.39, 0.29) is 0 Å². The summed E-state index contributed by atoms with van der Waals surface area (Å²) in [6.07, 6.45) is 0.594. The molecule has 2 N–H and O–H groups in total. The summed E-state index contributed by atoms with van der Waals surface area (Å²) in [6, 6.07) is 9.99. The van der Waals surface area contributed by atoms with E-state index >= 15 is 0 Å². The molecule has 5 heteroatoms. The molecule has 0 bridgehead atoms. The van der Waals surface area contributed by atoms with Crippen molar-refractivity contribution in [3.05, 3.63) is 35.9 Å². The number of rotatable bonds is 3. The van der Waals surface area contributed by atoms with Gasteiger partial charge in [-0.15, -0.1) is 0 Å². The minimum absolute atomic E-state index is 0.476. The third-order valence-corrected chi connectivity index (χ3v) is 4.35. The summed E-state index contributed by atoms with van der Waals surface area (Å²) in [7, 11) is -3.90. The molecule has 1 aliphatic heterocycles. The highest BCUT2D eigenvalue weighted by Crippen LogP contribution is 2.45. The van der Waals surface area contributed by atoms with Crippen molar-refractivity contribution < 1.29 is 14.4 Å². The third kappa shape index (κ3) is 2.92. The Bertz CT molecular complexity index is 389. The van der Waals surface area contributed by atoms with Crippen LogP contribution in [0.2, 0.25) is 0 Å². The Morgan fingerprint density at radius 1 is 1.31 bits per heavy atom. The van der Waals surface area contributed by atoms with Gasteiger partial charge < -0.3 is 9.79 Å². The van der Waals surface area contributed by atoms with E-state index in [0.717, 1.165) is 13.1 Å². The summed E-state index contributed by atoms with van der Waals surface area (Å²) in [5, 5.41) is 0. The maximum Gasteiger partial charge on any atom is 0.329 e. The molecule has 0 unspecified atom stereocenters. The summed E-state index contributed by atoms with van der Waals surface area (Å²) in [6.45, 7) is 2.04. The van der Waals surface area contributed by atoms with Crippen molar-refractivity contribution in [3.63, 3.8) is 0 Å². The van der Waals surface area contributed by atoms with Crippen LogP contribution < -0.4 is 0 Å². The van der Waals surface area contributed by atoms with Gasteiger partial charge >= 0.3 is 7.60 Å². The molecule has 88 valence electrons. The van der Waals surface area contributed by atoms with Crippen LogP contribution in [0.1, 0.15) is 12.0 Å². The minimum Gasteiger partial charge on any atom is -0.324 e. The third-order valence-electron chi connectivity index (χ3n) is 2.97. The predicted octanol–water partition coefficient (Wildman–Crippen LogP) is 1.44. The molecule has 1 saturated heterocycles. The molecule has 1 fully saturated rings. The van der Waals surface area contributed by atoms with Crippen molar-refractivity contribution in [2.24, 2.45) is 0 Å². The normalized spacial score (nSPS) is 22.5. The van der Waals surface area contributed by atoms with Crippen LogP contribution in [0.3, 0.4) is 0 Å². The molecule has 0 aromatic heterocycles. The molecule has 4 nitrogen and oxygen atoms in total. The Labute approximate surface area is 95.1 Å². The van der Waals surface area contributed by atoms with E-state index in [4.69, 9.17) is 9.79 Å². The van der Waals surface area contributed by atoms with Gasteiger partial charge in [-0.25, -0.2) is 0 Å². The lowest BCUT2D eigenvalue weighted by atomic mass is 10.2. The summed E-state index contributed by atoms with van der Waals surface area (Å²) in [4.78, 5) is 20.3. The molecule has 1 atom stereocenters. The zero-order valence-corrected chi connectivity index (χ0v) is 9.88. The molecule has 0 saturated carbocycles. The SMILES string of the molecule is O=P(O)(O)[C@@H]1CCN(Cc2ccccc2)C1. The monoisotopic (exact) mass is 241 g/mol. The first kappa shape index (κ1) is 11.8. The van der Waals surface area contributed by atoms with E-state index in [2.05, 4.69) is 4.90 Å². The molecule has 1 aromatic rings. The lowest BCUT2D eigenvalue weighted by molar-refractivity contribution is 0.320. The summed E-state index contributed by atoms with van der Waals surface area (Å²) < 4.78 is 11.1. The lowest BCUT2D eigenvalue weighted by Crippen LogP contribution is -2.21. The number of likely N-dealkylation sites (tertiary alicyclic amines) is 1. The van der Waals surface area contributed by atoms with Crippen LogP contribution in [0.4, 0.5) is 0 Å². The van der Waals surface area contributed by atoms with E-state index in [0.29, 0.717) is 13.0 Å². The molecule has 1 aromatic carbocycles. The summed E-state index contributed by atoms with van der Waals surface area (Å²) in [5.41, 5.74) is 0.713. The molecule has 1 heterocycles. The molecule has 0 aliphatic carbocycles. The average molecular weight is 241 g/mol. The first-order chi connectivity index (χ1) is 7.55. The van der Waals surface area contributed by atoms with E-state index in [1.165, 1.54) is 5.56 Å². The van der Waals surface area contributed by atoms with Crippen LogP contribution in [0, 0.1) is 0 Å². The van der Waals surface area contributed by atoms with Gasteiger partial charge in [0.05, 0.1) is 5.66 Å². The largest absolute Gasteiger partial charge is 0.329 e. The smallest absolute Gasteiger partial charge is 0.324 e. The molecular weight excluding hydrogens is 225 g/mol. The predicted molar refractivity (Wildman–Crippen MR) is 62.2 cm³/mol. The van der Waals surface area contributed by atoms with Crippen molar-refractivity contribution in [3.8, 4) is 0 Å². The van der Waals surface area contributed by atoms with Gasteiger partial charge in [-0.3, -0.25) is 9.46 Å². The zero-order valence-electron chi connectivity index (χ0n) is 8.99. The fourth-order valence-corrected chi connectivity index (χ4v) is 2.97. The van der Waals surface area contributed by atoms with E-state index in [1.54, 1.807) is 0 Å². The quantitative estimate of drug-likeness (QED) is 0.786. The van der Waals surface area contributed by atoms with Crippen molar-refractivity contribution >= 4 is 7.60 Å². The Hall–Kier alpha value is -0.670.